The number of carbonyl (C=O) groups excluding carboxylic acids is 1. The van der Waals surface area contributed by atoms with E-state index in [1.54, 1.807) is 4.68 Å². The van der Waals surface area contributed by atoms with E-state index < -0.39 is 0 Å². The minimum Gasteiger partial charge on any atom is -0.372 e. The van der Waals surface area contributed by atoms with Gasteiger partial charge in [-0.25, -0.2) is 0 Å². The van der Waals surface area contributed by atoms with Gasteiger partial charge in [0.2, 0.25) is 5.91 Å². The molecule has 1 amide bonds. The van der Waals surface area contributed by atoms with Crippen molar-refractivity contribution >= 4 is 28.4 Å². The van der Waals surface area contributed by atoms with E-state index in [1.807, 2.05) is 32.2 Å². The normalized spacial score (nSPS) is 10.9. The van der Waals surface area contributed by atoms with Crippen LogP contribution < -0.4 is 5.32 Å². The fourth-order valence-electron chi connectivity index (χ4n) is 1.90. The molecule has 5 nitrogen and oxygen atoms in total. The molecular formula is C13H16ClN3O2. The highest BCUT2D eigenvalue weighted by Crippen LogP contribution is 2.26. The van der Waals surface area contributed by atoms with Crippen LogP contribution >= 0.6 is 11.6 Å². The highest BCUT2D eigenvalue weighted by atomic mass is 35.5. The molecule has 0 radical (unpaired) electrons. The summed E-state index contributed by atoms with van der Waals surface area (Å²) in [6.45, 7) is 2.77. The van der Waals surface area contributed by atoms with Crippen molar-refractivity contribution in [1.82, 2.24) is 15.1 Å². The molecular weight excluding hydrogens is 266 g/mol. The lowest BCUT2D eigenvalue weighted by Crippen LogP contribution is -2.27. The molecule has 0 atom stereocenters. The number of hydrogen-bond acceptors (Lipinski definition) is 3. The van der Waals surface area contributed by atoms with E-state index in [0.29, 0.717) is 18.2 Å². The molecule has 6 heteroatoms. The third-order valence-corrected chi connectivity index (χ3v) is 3.10. The number of nitrogens with one attached hydrogen (secondary N) is 1. The fraction of sp³-hybridized carbons (Fsp3) is 0.385. The number of ether oxygens (including phenoxy) is 1. The van der Waals surface area contributed by atoms with Crippen molar-refractivity contribution in [3.63, 3.8) is 0 Å². The van der Waals surface area contributed by atoms with E-state index in [1.165, 1.54) is 0 Å². The van der Waals surface area contributed by atoms with Crippen molar-refractivity contribution in [2.75, 3.05) is 13.2 Å². The van der Waals surface area contributed by atoms with E-state index in [0.717, 1.165) is 16.6 Å². The van der Waals surface area contributed by atoms with Gasteiger partial charge in [0, 0.05) is 19.0 Å². The summed E-state index contributed by atoms with van der Waals surface area (Å²) in [5.41, 5.74) is 1.70. The van der Waals surface area contributed by atoms with Crippen LogP contribution in [0.1, 0.15) is 12.6 Å². The lowest BCUT2D eigenvalue weighted by atomic mass is 10.2. The quantitative estimate of drug-likeness (QED) is 0.910. The summed E-state index contributed by atoms with van der Waals surface area (Å²) in [5.74, 6) is -0.160. The number of nitrogens with zero attached hydrogens (tertiary/aromatic N) is 2. The van der Waals surface area contributed by atoms with Crippen LogP contribution in [-0.2, 0) is 23.1 Å². The highest BCUT2D eigenvalue weighted by Gasteiger charge is 2.12. The van der Waals surface area contributed by atoms with Crippen molar-refractivity contribution in [3.8, 4) is 0 Å². The lowest BCUT2D eigenvalue weighted by molar-refractivity contribution is -0.125. The van der Waals surface area contributed by atoms with E-state index in [-0.39, 0.29) is 12.5 Å². The molecule has 1 aromatic carbocycles. The first-order chi connectivity index (χ1) is 9.13. The fourth-order valence-corrected chi connectivity index (χ4v) is 2.18. The molecule has 0 spiro atoms. The maximum Gasteiger partial charge on any atom is 0.246 e. The zero-order valence-corrected chi connectivity index (χ0v) is 11.7. The Morgan fingerprint density at radius 2 is 2.32 bits per heavy atom. The summed E-state index contributed by atoms with van der Waals surface area (Å²) in [7, 11) is 1.85. The number of aryl methyl sites for hydroxylation is 1. The van der Waals surface area contributed by atoms with Crippen LogP contribution in [0, 0.1) is 0 Å². The second-order valence-electron chi connectivity index (χ2n) is 4.12. The summed E-state index contributed by atoms with van der Waals surface area (Å²) in [5, 5.41) is 8.66. The van der Waals surface area contributed by atoms with Crippen molar-refractivity contribution in [2.45, 2.75) is 13.5 Å². The van der Waals surface area contributed by atoms with Crippen LogP contribution in [0.2, 0.25) is 5.02 Å². The van der Waals surface area contributed by atoms with Crippen LogP contribution in [0.25, 0.3) is 10.9 Å². The average molecular weight is 282 g/mol. The Bertz CT molecular complexity index is 595. The van der Waals surface area contributed by atoms with Crippen molar-refractivity contribution in [1.29, 1.82) is 0 Å². The molecule has 0 aliphatic heterocycles. The van der Waals surface area contributed by atoms with Gasteiger partial charge in [0.25, 0.3) is 0 Å². The Morgan fingerprint density at radius 1 is 1.53 bits per heavy atom. The molecule has 0 aliphatic rings. The maximum atomic E-state index is 11.5. The number of fused-ring (bicyclic) bond motifs is 1. The molecule has 2 aromatic rings. The second kappa shape index (κ2) is 6.04. The maximum absolute atomic E-state index is 11.5. The summed E-state index contributed by atoms with van der Waals surface area (Å²) in [6, 6.07) is 5.64. The van der Waals surface area contributed by atoms with E-state index in [9.17, 15) is 4.79 Å². The molecule has 2 rings (SSSR count). The first kappa shape index (κ1) is 13.8. The zero-order valence-electron chi connectivity index (χ0n) is 10.9. The first-order valence-electron chi connectivity index (χ1n) is 6.08. The third-order valence-electron chi connectivity index (χ3n) is 2.79. The monoisotopic (exact) mass is 281 g/mol. The Hall–Kier alpha value is -1.59. The molecule has 0 unspecified atom stereocenters. The Balaban J connectivity index is 2.15. The number of carbonyl (C=O) groups is 1. The van der Waals surface area contributed by atoms with Crippen molar-refractivity contribution in [2.24, 2.45) is 7.05 Å². The van der Waals surface area contributed by atoms with Gasteiger partial charge in [0.05, 0.1) is 22.8 Å². The smallest absolute Gasteiger partial charge is 0.246 e. The average Bonchev–Trinajstić information content (AvgIpc) is 2.72. The third kappa shape index (κ3) is 3.05. The van der Waals surface area contributed by atoms with Crippen LogP contribution in [0.3, 0.4) is 0 Å². The SMILES string of the molecule is CCOCC(=O)NCc1nn(C)c2cccc(Cl)c12. The van der Waals surface area contributed by atoms with Gasteiger partial charge >= 0.3 is 0 Å². The van der Waals surface area contributed by atoms with Gasteiger partial charge in [0.15, 0.2) is 0 Å². The number of benzene rings is 1. The van der Waals surface area contributed by atoms with Gasteiger partial charge in [-0.1, -0.05) is 17.7 Å². The van der Waals surface area contributed by atoms with Crippen molar-refractivity contribution in [3.05, 3.63) is 28.9 Å². The molecule has 0 fully saturated rings. The number of halogens is 1. The van der Waals surface area contributed by atoms with E-state index in [2.05, 4.69) is 10.4 Å². The predicted molar refractivity (Wildman–Crippen MR) is 74.1 cm³/mol. The van der Waals surface area contributed by atoms with E-state index >= 15 is 0 Å². The van der Waals surface area contributed by atoms with Crippen LogP contribution in [-0.4, -0.2) is 28.9 Å². The van der Waals surface area contributed by atoms with Crippen LogP contribution in [0.4, 0.5) is 0 Å². The first-order valence-corrected chi connectivity index (χ1v) is 6.45. The molecule has 0 bridgehead atoms. The molecule has 1 heterocycles. The molecule has 0 saturated carbocycles. The Kier molecular flexibility index (Phi) is 4.39. The molecule has 19 heavy (non-hydrogen) atoms. The number of hydrogen-bond donors (Lipinski definition) is 1. The minimum atomic E-state index is -0.160. The molecule has 0 saturated heterocycles. The zero-order chi connectivity index (χ0) is 13.8. The van der Waals surface area contributed by atoms with Crippen LogP contribution in [0.5, 0.6) is 0 Å². The standard InChI is InChI=1S/C13H16ClN3O2/c1-3-19-8-12(18)15-7-10-13-9(14)5-4-6-11(13)17(2)16-10/h4-6H,3,7-8H2,1-2H3,(H,15,18). The highest BCUT2D eigenvalue weighted by molar-refractivity contribution is 6.35. The van der Waals surface area contributed by atoms with Gasteiger partial charge in [-0.2, -0.15) is 5.10 Å². The van der Waals surface area contributed by atoms with Gasteiger partial charge in [0.1, 0.15) is 6.61 Å². The predicted octanol–water partition coefficient (Wildman–Crippen LogP) is 1.88. The van der Waals surface area contributed by atoms with Gasteiger partial charge in [-0.05, 0) is 19.1 Å². The van der Waals surface area contributed by atoms with Gasteiger partial charge in [-0.15, -0.1) is 0 Å². The molecule has 0 aliphatic carbocycles. The summed E-state index contributed by atoms with van der Waals surface area (Å²) in [6.07, 6.45) is 0. The molecule has 1 N–H and O–H groups in total. The Labute approximate surface area is 116 Å². The van der Waals surface area contributed by atoms with Crippen LogP contribution in [0.15, 0.2) is 18.2 Å². The summed E-state index contributed by atoms with van der Waals surface area (Å²) >= 11 is 6.18. The number of rotatable bonds is 5. The lowest BCUT2D eigenvalue weighted by Gasteiger charge is -2.03. The Morgan fingerprint density at radius 3 is 3.05 bits per heavy atom. The van der Waals surface area contributed by atoms with Gasteiger partial charge in [-0.3, -0.25) is 9.48 Å². The largest absolute Gasteiger partial charge is 0.372 e. The number of amides is 1. The van der Waals surface area contributed by atoms with Crippen molar-refractivity contribution < 1.29 is 9.53 Å². The minimum absolute atomic E-state index is 0.0645. The summed E-state index contributed by atoms with van der Waals surface area (Å²) < 4.78 is 6.79. The summed E-state index contributed by atoms with van der Waals surface area (Å²) in [4.78, 5) is 11.5. The number of aromatic nitrogens is 2. The topological polar surface area (TPSA) is 56.1 Å². The second-order valence-corrected chi connectivity index (χ2v) is 4.53. The molecule has 1 aromatic heterocycles. The van der Waals surface area contributed by atoms with Gasteiger partial charge < -0.3 is 10.1 Å². The van der Waals surface area contributed by atoms with E-state index in [4.69, 9.17) is 16.3 Å². The molecule has 102 valence electrons.